The summed E-state index contributed by atoms with van der Waals surface area (Å²) in [6.07, 6.45) is 3.64. The van der Waals surface area contributed by atoms with Gasteiger partial charge in [-0.25, -0.2) is 8.42 Å². The predicted molar refractivity (Wildman–Crippen MR) is 77.5 cm³/mol. The second-order valence-electron chi connectivity index (χ2n) is 5.16. The molecular formula is C14H15F2N3O2S. The molecule has 0 amide bonds. The SMILES string of the molecule is O=S(=O)(c1ccc(N2CCC[C@@H]2c2ccn[nH]2)cc1)C(F)F. The summed E-state index contributed by atoms with van der Waals surface area (Å²) in [5.74, 6) is -3.40. The average molecular weight is 327 g/mol. The molecule has 0 spiro atoms. The van der Waals surface area contributed by atoms with Gasteiger partial charge in [0.05, 0.1) is 16.6 Å². The quantitative estimate of drug-likeness (QED) is 0.938. The number of rotatable bonds is 4. The lowest BCUT2D eigenvalue weighted by molar-refractivity contribution is 0.234. The second-order valence-corrected chi connectivity index (χ2v) is 7.08. The fraction of sp³-hybridized carbons (Fsp3) is 0.357. The first kappa shape index (κ1) is 15.0. The predicted octanol–water partition coefficient (Wildman–Crippen LogP) is 2.75. The van der Waals surface area contributed by atoms with Crippen molar-refractivity contribution in [3.8, 4) is 0 Å². The molecule has 1 saturated heterocycles. The summed E-state index contributed by atoms with van der Waals surface area (Å²) in [5.41, 5.74) is 1.80. The Labute approximate surface area is 126 Å². The van der Waals surface area contributed by atoms with Crippen molar-refractivity contribution in [2.75, 3.05) is 11.4 Å². The summed E-state index contributed by atoms with van der Waals surface area (Å²) in [4.78, 5) is 1.76. The highest BCUT2D eigenvalue weighted by molar-refractivity contribution is 7.91. The standard InChI is InChI=1S/C14H15F2N3O2S/c15-14(16)22(20,21)11-5-3-10(4-6-11)19-9-1-2-13(19)12-7-8-17-18-12/h3-8,13-14H,1-2,9H2,(H,17,18)/t13-/m1/s1. The van der Waals surface area contributed by atoms with E-state index in [-0.39, 0.29) is 10.9 Å². The molecule has 2 aromatic rings. The number of sulfone groups is 1. The first-order valence-corrected chi connectivity index (χ1v) is 8.43. The van der Waals surface area contributed by atoms with Crippen molar-refractivity contribution < 1.29 is 17.2 Å². The fourth-order valence-corrected chi connectivity index (χ4v) is 3.50. The van der Waals surface area contributed by atoms with Crippen LogP contribution in [0.25, 0.3) is 0 Å². The maximum atomic E-state index is 12.5. The molecule has 1 fully saturated rings. The Morgan fingerprint density at radius 2 is 1.95 bits per heavy atom. The van der Waals surface area contributed by atoms with Crippen LogP contribution in [-0.4, -0.2) is 30.9 Å². The third kappa shape index (κ3) is 2.58. The minimum atomic E-state index is -4.54. The molecule has 118 valence electrons. The lowest BCUT2D eigenvalue weighted by Crippen LogP contribution is -2.23. The zero-order chi connectivity index (χ0) is 15.7. The number of halogens is 2. The number of alkyl halides is 2. The minimum absolute atomic E-state index is 0.139. The van der Waals surface area contributed by atoms with Crippen LogP contribution >= 0.6 is 0 Å². The van der Waals surface area contributed by atoms with Crippen molar-refractivity contribution in [3.05, 3.63) is 42.2 Å². The van der Waals surface area contributed by atoms with Crippen molar-refractivity contribution in [1.29, 1.82) is 0 Å². The van der Waals surface area contributed by atoms with E-state index in [1.54, 1.807) is 18.3 Å². The Bertz CT molecular complexity index is 730. The summed E-state index contributed by atoms with van der Waals surface area (Å²) < 4.78 is 48.0. The van der Waals surface area contributed by atoms with Gasteiger partial charge in [0.1, 0.15) is 0 Å². The van der Waals surface area contributed by atoms with Crippen molar-refractivity contribution in [3.63, 3.8) is 0 Å². The van der Waals surface area contributed by atoms with Crippen molar-refractivity contribution in [2.24, 2.45) is 0 Å². The van der Waals surface area contributed by atoms with E-state index in [0.717, 1.165) is 30.8 Å². The van der Waals surface area contributed by atoms with Crippen LogP contribution in [0.15, 0.2) is 41.4 Å². The largest absolute Gasteiger partial charge is 0.363 e. The molecule has 0 bridgehead atoms. The van der Waals surface area contributed by atoms with Crippen LogP contribution in [-0.2, 0) is 9.84 Å². The smallest absolute Gasteiger partial charge is 0.341 e. The van der Waals surface area contributed by atoms with E-state index < -0.39 is 15.6 Å². The molecule has 2 heterocycles. The van der Waals surface area contributed by atoms with E-state index in [0.29, 0.717) is 0 Å². The molecule has 1 aliphatic rings. The minimum Gasteiger partial charge on any atom is -0.363 e. The molecule has 1 aromatic carbocycles. The lowest BCUT2D eigenvalue weighted by Gasteiger charge is -2.26. The number of nitrogens with one attached hydrogen (secondary N) is 1. The molecule has 8 heteroatoms. The Morgan fingerprint density at radius 1 is 1.23 bits per heavy atom. The molecule has 1 aromatic heterocycles. The van der Waals surface area contributed by atoms with Gasteiger partial charge in [0.2, 0.25) is 9.84 Å². The van der Waals surface area contributed by atoms with E-state index >= 15 is 0 Å². The lowest BCUT2D eigenvalue weighted by atomic mass is 10.1. The zero-order valence-corrected chi connectivity index (χ0v) is 12.4. The molecule has 1 atom stereocenters. The summed E-state index contributed by atoms with van der Waals surface area (Å²) >= 11 is 0. The fourth-order valence-electron chi connectivity index (χ4n) is 2.78. The molecule has 3 rings (SSSR count). The van der Waals surface area contributed by atoms with Crippen LogP contribution in [0.1, 0.15) is 24.6 Å². The maximum absolute atomic E-state index is 12.5. The number of aromatic nitrogens is 2. The molecule has 5 nitrogen and oxygen atoms in total. The van der Waals surface area contributed by atoms with Gasteiger partial charge in [-0.15, -0.1) is 0 Å². The summed E-state index contributed by atoms with van der Waals surface area (Å²) in [6, 6.07) is 7.66. The monoisotopic (exact) mass is 327 g/mol. The number of hydrogen-bond donors (Lipinski definition) is 1. The van der Waals surface area contributed by atoms with Gasteiger partial charge in [0, 0.05) is 18.4 Å². The van der Waals surface area contributed by atoms with Crippen LogP contribution in [0.4, 0.5) is 14.5 Å². The first-order valence-electron chi connectivity index (χ1n) is 6.88. The second kappa shape index (κ2) is 5.68. The van der Waals surface area contributed by atoms with Crippen molar-refractivity contribution in [1.82, 2.24) is 10.2 Å². The Hall–Kier alpha value is -1.96. The van der Waals surface area contributed by atoms with Crippen LogP contribution in [0, 0.1) is 0 Å². The van der Waals surface area contributed by atoms with Gasteiger partial charge in [0.25, 0.3) is 0 Å². The molecule has 0 aliphatic carbocycles. The Balaban J connectivity index is 1.87. The highest BCUT2D eigenvalue weighted by Crippen LogP contribution is 2.35. The van der Waals surface area contributed by atoms with Gasteiger partial charge >= 0.3 is 5.76 Å². The van der Waals surface area contributed by atoms with Gasteiger partial charge < -0.3 is 4.90 Å². The number of H-pyrrole nitrogens is 1. The molecule has 1 N–H and O–H groups in total. The highest BCUT2D eigenvalue weighted by atomic mass is 32.2. The van der Waals surface area contributed by atoms with Gasteiger partial charge in [-0.2, -0.15) is 13.9 Å². The van der Waals surface area contributed by atoms with Crippen LogP contribution in [0.5, 0.6) is 0 Å². The molecule has 0 radical (unpaired) electrons. The van der Waals surface area contributed by atoms with Crippen molar-refractivity contribution in [2.45, 2.75) is 29.5 Å². The number of anilines is 1. The summed E-state index contributed by atoms with van der Waals surface area (Å²) in [7, 11) is -4.54. The Morgan fingerprint density at radius 3 is 2.55 bits per heavy atom. The third-order valence-electron chi connectivity index (χ3n) is 3.87. The van der Waals surface area contributed by atoms with Gasteiger partial charge in [-0.05, 0) is 43.2 Å². The number of hydrogen-bond acceptors (Lipinski definition) is 4. The maximum Gasteiger partial charge on any atom is 0.341 e. The van der Waals surface area contributed by atoms with E-state index in [4.69, 9.17) is 0 Å². The van der Waals surface area contributed by atoms with E-state index in [9.17, 15) is 17.2 Å². The molecular weight excluding hydrogens is 312 g/mol. The average Bonchev–Trinajstić information content (AvgIpc) is 3.18. The number of aromatic amines is 1. The van der Waals surface area contributed by atoms with Crippen LogP contribution in [0.2, 0.25) is 0 Å². The van der Waals surface area contributed by atoms with Crippen LogP contribution in [0.3, 0.4) is 0 Å². The van der Waals surface area contributed by atoms with Crippen LogP contribution < -0.4 is 4.90 Å². The zero-order valence-electron chi connectivity index (χ0n) is 11.6. The molecule has 0 unspecified atom stereocenters. The number of nitrogens with zero attached hydrogens (tertiary/aromatic N) is 2. The van der Waals surface area contributed by atoms with E-state index in [1.807, 2.05) is 6.07 Å². The van der Waals surface area contributed by atoms with E-state index in [1.165, 1.54) is 12.1 Å². The molecule has 1 aliphatic heterocycles. The third-order valence-corrected chi connectivity index (χ3v) is 5.26. The number of benzene rings is 1. The molecule has 22 heavy (non-hydrogen) atoms. The van der Waals surface area contributed by atoms with E-state index in [2.05, 4.69) is 15.1 Å². The highest BCUT2D eigenvalue weighted by Gasteiger charge is 2.29. The summed E-state index contributed by atoms with van der Waals surface area (Å²) in [6.45, 7) is 0.824. The molecule has 0 saturated carbocycles. The Kier molecular flexibility index (Phi) is 3.86. The summed E-state index contributed by atoms with van der Waals surface area (Å²) in [5, 5.41) is 6.89. The van der Waals surface area contributed by atoms with Gasteiger partial charge in [0.15, 0.2) is 0 Å². The first-order chi connectivity index (χ1) is 10.5. The van der Waals surface area contributed by atoms with Gasteiger partial charge in [-0.3, -0.25) is 5.10 Å². The normalized spacial score (nSPS) is 19.0. The van der Waals surface area contributed by atoms with Crippen molar-refractivity contribution >= 4 is 15.5 Å². The topological polar surface area (TPSA) is 66.1 Å². The van der Waals surface area contributed by atoms with Gasteiger partial charge in [-0.1, -0.05) is 0 Å².